The predicted molar refractivity (Wildman–Crippen MR) is 65.3 cm³/mol. The van der Waals surface area contributed by atoms with Gasteiger partial charge < -0.3 is 10.2 Å². The van der Waals surface area contributed by atoms with Gasteiger partial charge in [0.25, 0.3) is 0 Å². The average molecular weight is 228 g/mol. The van der Waals surface area contributed by atoms with Crippen LogP contribution < -0.4 is 0 Å². The van der Waals surface area contributed by atoms with E-state index in [0.717, 1.165) is 5.56 Å². The van der Waals surface area contributed by atoms with Crippen molar-refractivity contribution < 1.29 is 15.0 Å². The highest BCUT2D eigenvalue weighted by Crippen LogP contribution is 2.36. The molecule has 2 aromatic carbocycles. The molecule has 0 radical (unpaired) electrons. The molecule has 0 saturated carbocycles. The summed E-state index contributed by atoms with van der Waals surface area (Å²) in [5.74, 6) is 0.0128. The zero-order valence-corrected chi connectivity index (χ0v) is 9.34. The lowest BCUT2D eigenvalue weighted by molar-refractivity contribution is 0.112. The summed E-state index contributed by atoms with van der Waals surface area (Å²) in [6.45, 7) is 1.84. The lowest BCUT2D eigenvalue weighted by Gasteiger charge is -2.11. The van der Waals surface area contributed by atoms with Crippen molar-refractivity contribution in [2.75, 3.05) is 0 Å². The Balaban J connectivity index is 2.77. The predicted octanol–water partition coefficient (Wildman–Crippen LogP) is 2.89. The average Bonchev–Trinajstić information content (AvgIpc) is 2.29. The fourth-order valence-electron chi connectivity index (χ4n) is 1.90. The topological polar surface area (TPSA) is 57.5 Å². The lowest BCUT2D eigenvalue weighted by atomic mass is 9.95. The molecule has 0 spiro atoms. The van der Waals surface area contributed by atoms with Gasteiger partial charge in [-0.05, 0) is 30.2 Å². The van der Waals surface area contributed by atoms with Crippen LogP contribution in [-0.2, 0) is 0 Å². The van der Waals surface area contributed by atoms with Crippen molar-refractivity contribution in [2.24, 2.45) is 0 Å². The minimum absolute atomic E-state index is 0.0832. The third-order valence-corrected chi connectivity index (χ3v) is 2.72. The van der Waals surface area contributed by atoms with Crippen LogP contribution in [0.3, 0.4) is 0 Å². The first-order valence-electron chi connectivity index (χ1n) is 5.21. The number of benzene rings is 2. The van der Waals surface area contributed by atoms with Gasteiger partial charge in [-0.3, -0.25) is 4.79 Å². The molecular weight excluding hydrogens is 216 g/mol. The van der Waals surface area contributed by atoms with Crippen LogP contribution in [0.2, 0.25) is 0 Å². The molecule has 0 fully saturated rings. The molecule has 0 aliphatic carbocycles. The van der Waals surface area contributed by atoms with Gasteiger partial charge in [-0.2, -0.15) is 0 Å². The van der Waals surface area contributed by atoms with Crippen LogP contribution in [0.15, 0.2) is 36.4 Å². The Morgan fingerprint density at radius 2 is 1.65 bits per heavy atom. The smallest absolute Gasteiger partial charge is 0.154 e. The number of phenols is 2. The maximum absolute atomic E-state index is 11.0. The number of aromatic hydroxyl groups is 2. The fraction of sp³-hybridized carbons (Fsp3) is 0.0714. The van der Waals surface area contributed by atoms with E-state index in [2.05, 4.69) is 0 Å². The van der Waals surface area contributed by atoms with E-state index in [4.69, 9.17) is 0 Å². The number of hydrogen-bond donors (Lipinski definition) is 2. The van der Waals surface area contributed by atoms with Crippen LogP contribution >= 0.6 is 0 Å². The number of hydrogen-bond acceptors (Lipinski definition) is 3. The number of rotatable bonds is 2. The Morgan fingerprint density at radius 3 is 2.29 bits per heavy atom. The molecule has 0 atom stereocenters. The molecule has 0 aromatic heterocycles. The van der Waals surface area contributed by atoms with Gasteiger partial charge >= 0.3 is 0 Å². The van der Waals surface area contributed by atoms with Gasteiger partial charge in [0.15, 0.2) is 6.29 Å². The molecular formula is C14H12O3. The summed E-state index contributed by atoms with van der Waals surface area (Å²) in [7, 11) is 0. The van der Waals surface area contributed by atoms with E-state index in [1.54, 1.807) is 24.3 Å². The Hall–Kier alpha value is -2.29. The van der Waals surface area contributed by atoms with E-state index < -0.39 is 0 Å². The zero-order valence-electron chi connectivity index (χ0n) is 9.34. The Morgan fingerprint density at radius 1 is 1.00 bits per heavy atom. The number of phenolic OH excluding ortho intramolecular Hbond substituents is 2. The molecule has 17 heavy (non-hydrogen) atoms. The molecule has 0 heterocycles. The van der Waals surface area contributed by atoms with Crippen molar-refractivity contribution in [2.45, 2.75) is 6.92 Å². The van der Waals surface area contributed by atoms with Gasteiger partial charge in [0.1, 0.15) is 11.5 Å². The number of aryl methyl sites for hydroxylation is 1. The summed E-state index contributed by atoms with van der Waals surface area (Å²) >= 11 is 0. The summed E-state index contributed by atoms with van der Waals surface area (Å²) in [5, 5.41) is 19.5. The standard InChI is InChI=1S/C14H12O3/c1-9-4-2-7-13(17)14(9)10-5-3-6-12(16)11(10)8-15/h2-8,16-17H,1H3. The van der Waals surface area contributed by atoms with Crippen LogP contribution in [0.25, 0.3) is 11.1 Å². The zero-order chi connectivity index (χ0) is 12.4. The number of carbonyl (C=O) groups is 1. The first kappa shape index (κ1) is 11.2. The van der Waals surface area contributed by atoms with E-state index in [1.165, 1.54) is 6.07 Å². The van der Waals surface area contributed by atoms with E-state index in [9.17, 15) is 15.0 Å². The molecule has 2 N–H and O–H groups in total. The van der Waals surface area contributed by atoms with Crippen LogP contribution in [0.5, 0.6) is 11.5 Å². The fourth-order valence-corrected chi connectivity index (χ4v) is 1.90. The minimum Gasteiger partial charge on any atom is -0.507 e. The van der Waals surface area contributed by atoms with E-state index in [1.807, 2.05) is 13.0 Å². The van der Waals surface area contributed by atoms with Gasteiger partial charge in [0.05, 0.1) is 5.56 Å². The molecule has 0 amide bonds. The Labute approximate surface area is 99.0 Å². The van der Waals surface area contributed by atoms with E-state index in [0.29, 0.717) is 17.4 Å². The van der Waals surface area contributed by atoms with Crippen LogP contribution in [-0.4, -0.2) is 16.5 Å². The second kappa shape index (κ2) is 4.29. The lowest BCUT2D eigenvalue weighted by Crippen LogP contribution is -1.91. The SMILES string of the molecule is Cc1cccc(O)c1-c1cccc(O)c1C=O. The van der Waals surface area contributed by atoms with Gasteiger partial charge in [0, 0.05) is 5.56 Å². The first-order valence-corrected chi connectivity index (χ1v) is 5.21. The van der Waals surface area contributed by atoms with Crippen molar-refractivity contribution in [3.8, 4) is 22.6 Å². The molecule has 86 valence electrons. The normalized spacial score (nSPS) is 10.2. The van der Waals surface area contributed by atoms with Crippen LogP contribution in [0.4, 0.5) is 0 Å². The van der Waals surface area contributed by atoms with Crippen molar-refractivity contribution in [1.82, 2.24) is 0 Å². The summed E-state index contributed by atoms with van der Waals surface area (Å²) in [6, 6.07) is 9.92. The molecule has 0 unspecified atom stereocenters. The van der Waals surface area contributed by atoms with Gasteiger partial charge in [-0.15, -0.1) is 0 Å². The summed E-state index contributed by atoms with van der Waals surface area (Å²) in [5.41, 5.74) is 2.15. The molecule has 3 heteroatoms. The summed E-state index contributed by atoms with van der Waals surface area (Å²) in [6.07, 6.45) is 0.594. The molecule has 2 rings (SSSR count). The molecule has 2 aromatic rings. The van der Waals surface area contributed by atoms with Crippen molar-refractivity contribution >= 4 is 6.29 Å². The number of aldehydes is 1. The second-order valence-corrected chi connectivity index (χ2v) is 3.83. The molecule has 0 aliphatic rings. The monoisotopic (exact) mass is 228 g/mol. The molecule has 3 nitrogen and oxygen atoms in total. The van der Waals surface area contributed by atoms with Gasteiger partial charge in [-0.1, -0.05) is 24.3 Å². The quantitative estimate of drug-likeness (QED) is 0.777. The Kier molecular flexibility index (Phi) is 2.83. The van der Waals surface area contributed by atoms with Gasteiger partial charge in [0.2, 0.25) is 0 Å². The molecule has 0 aliphatic heterocycles. The Bertz CT molecular complexity index is 553. The highest BCUT2D eigenvalue weighted by atomic mass is 16.3. The highest BCUT2D eigenvalue weighted by Gasteiger charge is 2.13. The second-order valence-electron chi connectivity index (χ2n) is 3.83. The van der Waals surface area contributed by atoms with Crippen molar-refractivity contribution in [3.05, 3.63) is 47.5 Å². The van der Waals surface area contributed by atoms with Gasteiger partial charge in [-0.25, -0.2) is 0 Å². The highest BCUT2D eigenvalue weighted by molar-refractivity contribution is 5.93. The van der Waals surface area contributed by atoms with E-state index in [-0.39, 0.29) is 17.1 Å². The maximum atomic E-state index is 11.0. The third kappa shape index (κ3) is 1.87. The molecule has 0 bridgehead atoms. The summed E-state index contributed by atoms with van der Waals surface area (Å²) in [4.78, 5) is 11.0. The largest absolute Gasteiger partial charge is 0.507 e. The number of carbonyl (C=O) groups excluding carboxylic acids is 1. The first-order chi connectivity index (χ1) is 8.15. The minimum atomic E-state index is -0.0832. The maximum Gasteiger partial charge on any atom is 0.154 e. The van der Waals surface area contributed by atoms with Crippen LogP contribution in [0, 0.1) is 6.92 Å². The molecule has 0 saturated heterocycles. The third-order valence-electron chi connectivity index (χ3n) is 2.72. The summed E-state index contributed by atoms with van der Waals surface area (Å²) < 4.78 is 0. The van der Waals surface area contributed by atoms with Crippen LogP contribution in [0.1, 0.15) is 15.9 Å². The van der Waals surface area contributed by atoms with Crippen molar-refractivity contribution in [1.29, 1.82) is 0 Å². The van der Waals surface area contributed by atoms with E-state index >= 15 is 0 Å². The van der Waals surface area contributed by atoms with Crippen molar-refractivity contribution in [3.63, 3.8) is 0 Å².